The fourth-order valence-electron chi connectivity index (χ4n) is 2.48. The van der Waals surface area contributed by atoms with Crippen molar-refractivity contribution in [1.29, 1.82) is 0 Å². The first-order valence-electron chi connectivity index (χ1n) is 7.03. The van der Waals surface area contributed by atoms with Crippen molar-refractivity contribution in [2.24, 2.45) is 0 Å². The fraction of sp³-hybridized carbons (Fsp3) is 0. The smallest absolute Gasteiger partial charge is 0.178 e. The molecule has 3 rings (SSSR count). The van der Waals surface area contributed by atoms with Crippen LogP contribution in [0.1, 0.15) is 11.1 Å². The summed E-state index contributed by atoms with van der Waals surface area (Å²) in [5, 5.41) is 9.52. The van der Waals surface area contributed by atoms with Gasteiger partial charge in [-0.1, -0.05) is 42.5 Å². The Balaban J connectivity index is 0.00000208. The molecule has 1 aliphatic carbocycles. The molecule has 0 saturated heterocycles. The summed E-state index contributed by atoms with van der Waals surface area (Å²) in [6, 6.07) is 14.4. The molecule has 0 saturated carbocycles. The van der Waals surface area contributed by atoms with Crippen molar-refractivity contribution in [2.45, 2.75) is 4.90 Å². The quantitative estimate of drug-likeness (QED) is 0.612. The van der Waals surface area contributed by atoms with Crippen molar-refractivity contribution >= 4 is 23.4 Å². The van der Waals surface area contributed by atoms with Crippen LogP contribution < -0.4 is 0 Å². The van der Waals surface area contributed by atoms with Crippen LogP contribution in [0.4, 0.5) is 0 Å². The summed E-state index contributed by atoms with van der Waals surface area (Å²) in [6.45, 7) is 0. The fourth-order valence-corrected chi connectivity index (χ4v) is 2.89. The van der Waals surface area contributed by atoms with Crippen molar-refractivity contribution in [1.82, 2.24) is 0 Å². The molecule has 0 amide bonds. The van der Waals surface area contributed by atoms with Gasteiger partial charge in [0.05, 0.1) is 0 Å². The predicted octanol–water partition coefficient (Wildman–Crippen LogP) is 4.45. The summed E-state index contributed by atoms with van der Waals surface area (Å²) in [6.07, 6.45) is 6.57. The molecular formula is C19H14FeO3S. The molecule has 0 spiro atoms. The molecular weight excluding hydrogens is 364 g/mol. The summed E-state index contributed by atoms with van der Waals surface area (Å²) in [5.74, 6) is 0.136. The molecule has 0 aromatic heterocycles. The van der Waals surface area contributed by atoms with E-state index in [-0.39, 0.29) is 28.6 Å². The number of phenols is 1. The van der Waals surface area contributed by atoms with E-state index in [0.717, 1.165) is 27.2 Å². The number of aromatic hydroxyl groups is 1. The van der Waals surface area contributed by atoms with Gasteiger partial charge in [0, 0.05) is 34.0 Å². The predicted molar refractivity (Wildman–Crippen MR) is 92.3 cm³/mol. The van der Waals surface area contributed by atoms with Gasteiger partial charge in [-0.2, -0.15) is 0 Å². The maximum Gasteiger partial charge on any atom is 0.178 e. The van der Waals surface area contributed by atoms with E-state index >= 15 is 0 Å². The number of carbonyl (C=O) groups excluding carboxylic acids is 1. The third-order valence-electron chi connectivity index (χ3n) is 3.55. The zero-order chi connectivity index (χ0) is 16.2. The van der Waals surface area contributed by atoms with Crippen LogP contribution >= 0.6 is 12.0 Å². The van der Waals surface area contributed by atoms with E-state index in [1.807, 2.05) is 36.4 Å². The minimum Gasteiger partial charge on any atom is -0.508 e. The zero-order valence-electron chi connectivity index (χ0n) is 12.5. The van der Waals surface area contributed by atoms with Crippen molar-refractivity contribution < 1.29 is 31.5 Å². The van der Waals surface area contributed by atoms with Crippen LogP contribution in [-0.2, 0) is 21.9 Å². The summed E-state index contributed by atoms with van der Waals surface area (Å²) in [5.41, 5.74) is 3.52. The molecule has 0 fully saturated rings. The third-order valence-corrected chi connectivity index (χ3v) is 4.11. The number of hydrogen-bond acceptors (Lipinski definition) is 4. The molecule has 2 aromatic carbocycles. The molecule has 0 unspecified atom stereocenters. The molecule has 0 aliphatic heterocycles. The topological polar surface area (TPSA) is 57.5 Å². The number of ketones is 1. The normalized spacial score (nSPS) is 12.9. The van der Waals surface area contributed by atoms with E-state index in [9.17, 15) is 14.5 Å². The molecule has 0 heterocycles. The standard InChI is InChI=1S/C19H14O3S.Fe/c20-15-9-5-13(6-10-15)19(14-7-11-16(21)12-8-14)17-3-1-2-4-18(17)23-22;/h1-12,20,22H;. The first-order chi connectivity index (χ1) is 11.2. The third kappa shape index (κ3) is 3.89. The minimum atomic E-state index is -0.0522. The van der Waals surface area contributed by atoms with Gasteiger partial charge in [-0.15, -0.1) is 0 Å². The van der Waals surface area contributed by atoms with Gasteiger partial charge < -0.3 is 9.66 Å². The maximum atomic E-state index is 11.4. The van der Waals surface area contributed by atoms with Crippen LogP contribution in [0.2, 0.25) is 0 Å². The number of hydrogen-bond donors (Lipinski definition) is 2. The van der Waals surface area contributed by atoms with Gasteiger partial charge in [0.15, 0.2) is 5.78 Å². The largest absolute Gasteiger partial charge is 0.508 e. The molecule has 24 heavy (non-hydrogen) atoms. The molecule has 2 aromatic rings. The van der Waals surface area contributed by atoms with E-state index in [1.54, 1.807) is 24.3 Å². The van der Waals surface area contributed by atoms with Crippen LogP contribution in [0.5, 0.6) is 5.75 Å². The summed E-state index contributed by atoms with van der Waals surface area (Å²) in [7, 11) is 0. The van der Waals surface area contributed by atoms with E-state index in [1.165, 1.54) is 12.2 Å². The Kier molecular flexibility index (Phi) is 6.23. The van der Waals surface area contributed by atoms with Gasteiger partial charge in [-0.25, -0.2) is 0 Å². The SMILES string of the molecule is O=C1C=CC(=C(c2ccc(O)cc2)c2ccccc2SO)C=C1.[Fe]. The van der Waals surface area contributed by atoms with E-state index in [4.69, 9.17) is 0 Å². The number of phenolic OH excluding ortho intramolecular Hbond substituents is 1. The van der Waals surface area contributed by atoms with Crippen molar-refractivity contribution in [2.75, 3.05) is 0 Å². The molecule has 0 bridgehead atoms. The van der Waals surface area contributed by atoms with Crippen molar-refractivity contribution in [3.8, 4) is 5.75 Å². The Hall–Kier alpha value is -2.04. The minimum absolute atomic E-state index is 0. The van der Waals surface area contributed by atoms with Crippen LogP contribution in [0.25, 0.3) is 5.57 Å². The molecule has 3 nitrogen and oxygen atoms in total. The molecule has 0 radical (unpaired) electrons. The monoisotopic (exact) mass is 378 g/mol. The van der Waals surface area contributed by atoms with Crippen LogP contribution in [0, 0.1) is 0 Å². The number of carbonyl (C=O) groups is 1. The van der Waals surface area contributed by atoms with Crippen molar-refractivity contribution in [3.63, 3.8) is 0 Å². The maximum absolute atomic E-state index is 11.4. The van der Waals surface area contributed by atoms with Gasteiger partial charge in [0.25, 0.3) is 0 Å². The first kappa shape index (κ1) is 18.3. The van der Waals surface area contributed by atoms with Gasteiger partial charge in [0.2, 0.25) is 0 Å². The Labute approximate surface area is 155 Å². The van der Waals surface area contributed by atoms with E-state index < -0.39 is 0 Å². The molecule has 122 valence electrons. The van der Waals surface area contributed by atoms with E-state index in [0.29, 0.717) is 12.0 Å². The number of rotatable bonds is 3. The number of allylic oxidation sites excluding steroid dienone is 5. The van der Waals surface area contributed by atoms with Crippen LogP contribution in [0.15, 0.2) is 83.3 Å². The summed E-state index contributed by atoms with van der Waals surface area (Å²) < 4.78 is 9.56. The molecule has 1 aliphatic rings. The Morgan fingerprint density at radius 3 is 2.12 bits per heavy atom. The molecule has 5 heteroatoms. The van der Waals surface area contributed by atoms with Crippen LogP contribution in [-0.4, -0.2) is 15.4 Å². The van der Waals surface area contributed by atoms with Gasteiger partial charge >= 0.3 is 0 Å². The van der Waals surface area contributed by atoms with Gasteiger partial charge in [-0.3, -0.25) is 4.79 Å². The Morgan fingerprint density at radius 2 is 1.50 bits per heavy atom. The second-order valence-corrected chi connectivity index (χ2v) is 5.66. The van der Waals surface area contributed by atoms with Gasteiger partial charge in [0.1, 0.15) is 5.75 Å². The van der Waals surface area contributed by atoms with Crippen LogP contribution in [0.3, 0.4) is 0 Å². The molecule has 2 N–H and O–H groups in total. The second kappa shape index (κ2) is 8.17. The zero-order valence-corrected chi connectivity index (χ0v) is 14.4. The second-order valence-electron chi connectivity index (χ2n) is 5.03. The summed E-state index contributed by atoms with van der Waals surface area (Å²) in [4.78, 5) is 12.1. The average Bonchev–Trinajstić information content (AvgIpc) is 2.59. The molecule has 0 atom stereocenters. The van der Waals surface area contributed by atoms with E-state index in [2.05, 4.69) is 0 Å². The summed E-state index contributed by atoms with van der Waals surface area (Å²) >= 11 is 0.687. The Morgan fingerprint density at radius 1 is 0.875 bits per heavy atom. The van der Waals surface area contributed by atoms with Gasteiger partial charge in [-0.05, 0) is 52.6 Å². The average molecular weight is 378 g/mol. The first-order valence-corrected chi connectivity index (χ1v) is 7.81. The number of benzene rings is 2. The Bertz CT molecular complexity index is 818. The van der Waals surface area contributed by atoms with Crippen molar-refractivity contribution in [3.05, 3.63) is 89.5 Å².